The largest absolute Gasteiger partial charge is 0.368 e. The van der Waals surface area contributed by atoms with Gasteiger partial charge < -0.3 is 15.0 Å². The summed E-state index contributed by atoms with van der Waals surface area (Å²) in [6.07, 6.45) is 5.41. The summed E-state index contributed by atoms with van der Waals surface area (Å²) in [5, 5.41) is 3.28. The number of benzene rings is 1. The van der Waals surface area contributed by atoms with Gasteiger partial charge in [0.15, 0.2) is 0 Å². The Morgan fingerprint density at radius 3 is 3.00 bits per heavy atom. The number of carbonyl (C=O) groups is 1. The number of piperidine rings is 1. The van der Waals surface area contributed by atoms with Gasteiger partial charge in [-0.3, -0.25) is 4.79 Å². The molecule has 2 saturated heterocycles. The third-order valence-corrected chi connectivity index (χ3v) is 5.31. The van der Waals surface area contributed by atoms with Crippen molar-refractivity contribution in [3.05, 3.63) is 47.8 Å². The van der Waals surface area contributed by atoms with Crippen molar-refractivity contribution >= 4 is 17.5 Å². The summed E-state index contributed by atoms with van der Waals surface area (Å²) in [5.41, 5.74) is 3.16. The van der Waals surface area contributed by atoms with Crippen LogP contribution in [-0.4, -0.2) is 46.6 Å². The lowest BCUT2D eigenvalue weighted by Crippen LogP contribution is -2.44. The molecular weight excluding hydrogens is 340 g/mol. The lowest BCUT2D eigenvalue weighted by molar-refractivity contribution is -0.142. The second kappa shape index (κ2) is 8.05. The highest BCUT2D eigenvalue weighted by atomic mass is 16.5. The van der Waals surface area contributed by atoms with Gasteiger partial charge in [0.05, 0.1) is 5.69 Å². The molecule has 0 bridgehead atoms. The molecular formula is C21H26N4O2. The van der Waals surface area contributed by atoms with Crippen molar-refractivity contribution in [2.24, 2.45) is 0 Å². The summed E-state index contributed by atoms with van der Waals surface area (Å²) in [6, 6.07) is 10.1. The van der Waals surface area contributed by atoms with Gasteiger partial charge in [-0.2, -0.15) is 0 Å². The van der Waals surface area contributed by atoms with E-state index in [-0.39, 0.29) is 17.9 Å². The first-order valence-corrected chi connectivity index (χ1v) is 9.76. The highest BCUT2D eigenvalue weighted by Gasteiger charge is 2.32. The third-order valence-electron chi connectivity index (χ3n) is 5.31. The van der Waals surface area contributed by atoms with Crippen molar-refractivity contribution in [3.8, 4) is 0 Å². The number of amides is 1. The summed E-state index contributed by atoms with van der Waals surface area (Å²) in [6.45, 7) is 4.28. The fourth-order valence-electron chi connectivity index (χ4n) is 3.91. The number of nitrogens with one attached hydrogen (secondary N) is 1. The van der Waals surface area contributed by atoms with E-state index in [2.05, 4.69) is 29.4 Å². The summed E-state index contributed by atoms with van der Waals surface area (Å²) in [5.74, 6) is 0.982. The molecule has 6 nitrogen and oxygen atoms in total. The molecule has 142 valence electrons. The monoisotopic (exact) mass is 366 g/mol. The van der Waals surface area contributed by atoms with Crippen LogP contribution in [0.5, 0.6) is 0 Å². The number of ether oxygens (including phenoxy) is 1. The van der Waals surface area contributed by atoms with E-state index in [0.29, 0.717) is 19.1 Å². The number of nitrogens with zero attached hydrogens (tertiary/aromatic N) is 3. The molecule has 6 heteroatoms. The zero-order valence-corrected chi connectivity index (χ0v) is 15.7. The van der Waals surface area contributed by atoms with E-state index >= 15 is 0 Å². The first-order valence-electron chi connectivity index (χ1n) is 9.76. The van der Waals surface area contributed by atoms with Gasteiger partial charge in [-0.05, 0) is 56.4 Å². The Balaban J connectivity index is 1.45. The van der Waals surface area contributed by atoms with Gasteiger partial charge in [-0.25, -0.2) is 9.97 Å². The van der Waals surface area contributed by atoms with Gasteiger partial charge in [0.25, 0.3) is 5.91 Å². The van der Waals surface area contributed by atoms with Crippen LogP contribution in [0.15, 0.2) is 36.5 Å². The first kappa shape index (κ1) is 17.9. The highest BCUT2D eigenvalue weighted by molar-refractivity contribution is 5.81. The number of rotatable bonds is 4. The van der Waals surface area contributed by atoms with Crippen LogP contribution in [-0.2, 0) is 9.53 Å². The van der Waals surface area contributed by atoms with Crippen molar-refractivity contribution in [2.75, 3.05) is 25.0 Å². The van der Waals surface area contributed by atoms with Crippen LogP contribution in [0.3, 0.4) is 0 Å². The molecule has 2 aliphatic rings. The number of carbonyl (C=O) groups excluding carboxylic acids is 1. The zero-order chi connectivity index (χ0) is 18.6. The molecule has 1 aromatic heterocycles. The Morgan fingerprint density at radius 1 is 1.26 bits per heavy atom. The SMILES string of the molecule is Cc1cccc(Nc2nccc([C@@H]3CCCN(C(=O)[C@@H]4CCCO4)C3)n2)c1. The molecule has 2 fully saturated rings. The van der Waals surface area contributed by atoms with Crippen molar-refractivity contribution in [3.63, 3.8) is 0 Å². The lowest BCUT2D eigenvalue weighted by Gasteiger charge is -2.33. The lowest BCUT2D eigenvalue weighted by atomic mass is 9.94. The van der Waals surface area contributed by atoms with Crippen LogP contribution in [0.1, 0.15) is 42.9 Å². The van der Waals surface area contributed by atoms with E-state index < -0.39 is 0 Å². The van der Waals surface area contributed by atoms with Crippen molar-refractivity contribution < 1.29 is 9.53 Å². The predicted molar refractivity (Wildman–Crippen MR) is 104 cm³/mol. The quantitative estimate of drug-likeness (QED) is 0.898. The zero-order valence-electron chi connectivity index (χ0n) is 15.7. The Hall–Kier alpha value is -2.47. The Kier molecular flexibility index (Phi) is 5.34. The number of likely N-dealkylation sites (tertiary alicyclic amines) is 1. The summed E-state index contributed by atoms with van der Waals surface area (Å²) >= 11 is 0. The van der Waals surface area contributed by atoms with Crippen molar-refractivity contribution in [2.45, 2.75) is 44.6 Å². The number of aromatic nitrogens is 2. The molecule has 1 amide bonds. The van der Waals surface area contributed by atoms with E-state index in [0.717, 1.165) is 43.6 Å². The van der Waals surface area contributed by atoms with E-state index in [4.69, 9.17) is 9.72 Å². The molecule has 2 aliphatic heterocycles. The topological polar surface area (TPSA) is 67.4 Å². The number of hydrogen-bond acceptors (Lipinski definition) is 5. The Bertz CT molecular complexity index is 804. The van der Waals surface area contributed by atoms with Crippen molar-refractivity contribution in [1.82, 2.24) is 14.9 Å². The van der Waals surface area contributed by atoms with Crippen LogP contribution in [0.2, 0.25) is 0 Å². The molecule has 0 saturated carbocycles. The molecule has 2 atom stereocenters. The minimum Gasteiger partial charge on any atom is -0.368 e. The van der Waals surface area contributed by atoms with Gasteiger partial charge in [0.2, 0.25) is 5.95 Å². The smallest absolute Gasteiger partial charge is 0.251 e. The fourth-order valence-corrected chi connectivity index (χ4v) is 3.91. The Morgan fingerprint density at radius 2 is 2.19 bits per heavy atom. The number of hydrogen-bond donors (Lipinski definition) is 1. The first-order chi connectivity index (χ1) is 13.2. The van der Waals surface area contributed by atoms with E-state index in [9.17, 15) is 4.79 Å². The van der Waals surface area contributed by atoms with Crippen LogP contribution < -0.4 is 5.32 Å². The summed E-state index contributed by atoms with van der Waals surface area (Å²) in [4.78, 5) is 23.7. The average molecular weight is 366 g/mol. The predicted octanol–water partition coefficient (Wildman–Crippen LogP) is 3.41. The van der Waals surface area contributed by atoms with Crippen LogP contribution in [0.4, 0.5) is 11.6 Å². The second-order valence-corrected chi connectivity index (χ2v) is 7.42. The minimum atomic E-state index is -0.243. The van der Waals surface area contributed by atoms with Gasteiger partial charge in [-0.15, -0.1) is 0 Å². The minimum absolute atomic E-state index is 0.143. The standard InChI is InChI=1S/C21H26N4O2/c1-15-5-2-7-17(13-15)23-21-22-10-9-18(24-21)16-6-3-11-25(14-16)20(26)19-8-4-12-27-19/h2,5,7,9-10,13,16,19H,3-4,6,8,11-12,14H2,1H3,(H,22,23,24)/t16-,19+/m1/s1. The maximum absolute atomic E-state index is 12.7. The van der Waals surface area contributed by atoms with Crippen LogP contribution in [0, 0.1) is 6.92 Å². The van der Waals surface area contributed by atoms with E-state index in [1.54, 1.807) is 6.20 Å². The van der Waals surface area contributed by atoms with Crippen LogP contribution >= 0.6 is 0 Å². The number of anilines is 2. The third kappa shape index (κ3) is 4.27. The van der Waals surface area contributed by atoms with E-state index in [1.165, 1.54) is 5.56 Å². The average Bonchev–Trinajstić information content (AvgIpc) is 3.23. The number of aryl methyl sites for hydroxylation is 1. The van der Waals surface area contributed by atoms with E-state index in [1.807, 2.05) is 23.1 Å². The molecule has 1 aromatic carbocycles. The Labute approximate surface area is 160 Å². The maximum Gasteiger partial charge on any atom is 0.251 e. The molecule has 0 radical (unpaired) electrons. The molecule has 27 heavy (non-hydrogen) atoms. The van der Waals surface area contributed by atoms with Gasteiger partial charge in [0.1, 0.15) is 6.10 Å². The second-order valence-electron chi connectivity index (χ2n) is 7.42. The molecule has 0 spiro atoms. The molecule has 4 rings (SSSR count). The van der Waals surface area contributed by atoms with Gasteiger partial charge >= 0.3 is 0 Å². The fraction of sp³-hybridized carbons (Fsp3) is 0.476. The summed E-state index contributed by atoms with van der Waals surface area (Å²) in [7, 11) is 0. The molecule has 3 heterocycles. The molecule has 0 unspecified atom stereocenters. The van der Waals surface area contributed by atoms with Gasteiger partial charge in [0, 0.05) is 37.5 Å². The van der Waals surface area contributed by atoms with Crippen molar-refractivity contribution in [1.29, 1.82) is 0 Å². The molecule has 2 aromatic rings. The molecule has 0 aliphatic carbocycles. The highest BCUT2D eigenvalue weighted by Crippen LogP contribution is 2.28. The van der Waals surface area contributed by atoms with Gasteiger partial charge in [-0.1, -0.05) is 12.1 Å². The molecule has 1 N–H and O–H groups in total. The normalized spacial score (nSPS) is 22.6. The maximum atomic E-state index is 12.7. The summed E-state index contributed by atoms with van der Waals surface area (Å²) < 4.78 is 5.58. The van der Waals surface area contributed by atoms with Crippen LogP contribution in [0.25, 0.3) is 0 Å².